The van der Waals surface area contributed by atoms with Gasteiger partial charge in [-0.1, -0.05) is 6.92 Å². The van der Waals surface area contributed by atoms with Crippen molar-refractivity contribution < 1.29 is 29.3 Å². The molecule has 18 heavy (non-hydrogen) atoms. The highest BCUT2D eigenvalue weighted by Gasteiger charge is 2.34. The molecule has 7 heteroatoms. The Bertz CT molecular complexity index is 323. The summed E-state index contributed by atoms with van der Waals surface area (Å²) in [6.07, 6.45) is -0.117. The molecule has 0 saturated heterocycles. The van der Waals surface area contributed by atoms with E-state index in [1.165, 1.54) is 7.11 Å². The number of hydrogen-bond acceptors (Lipinski definition) is 4. The highest BCUT2D eigenvalue weighted by atomic mass is 16.5. The van der Waals surface area contributed by atoms with Crippen LogP contribution in [0.25, 0.3) is 0 Å². The Kier molecular flexibility index (Phi) is 6.32. The van der Waals surface area contributed by atoms with E-state index in [0.29, 0.717) is 6.42 Å². The normalized spacial score (nSPS) is 15.5. The predicted octanol–water partition coefficient (Wildman–Crippen LogP) is 0.236. The zero-order valence-corrected chi connectivity index (χ0v) is 10.7. The van der Waals surface area contributed by atoms with Crippen LogP contribution in [-0.2, 0) is 19.1 Å². The van der Waals surface area contributed by atoms with Crippen LogP contribution in [0, 0.1) is 0 Å². The van der Waals surface area contributed by atoms with Crippen molar-refractivity contribution in [3.63, 3.8) is 0 Å². The van der Waals surface area contributed by atoms with Gasteiger partial charge < -0.3 is 20.3 Å². The summed E-state index contributed by atoms with van der Waals surface area (Å²) in [6, 6.07) is -1.23. The molecule has 0 radical (unpaired) electrons. The van der Waals surface area contributed by atoms with E-state index in [-0.39, 0.29) is 12.8 Å². The second-order valence-corrected chi connectivity index (χ2v) is 4.09. The van der Waals surface area contributed by atoms with E-state index in [1.54, 1.807) is 13.8 Å². The van der Waals surface area contributed by atoms with Gasteiger partial charge in [-0.25, -0.2) is 4.79 Å². The molecular formula is C11H19NO6. The summed E-state index contributed by atoms with van der Waals surface area (Å²) in [4.78, 5) is 33.1. The first-order valence-corrected chi connectivity index (χ1v) is 5.57. The number of carbonyl (C=O) groups excluding carboxylic acids is 1. The van der Waals surface area contributed by atoms with E-state index in [2.05, 4.69) is 5.32 Å². The van der Waals surface area contributed by atoms with E-state index in [0.717, 1.165) is 0 Å². The number of hydrogen-bond donors (Lipinski definition) is 3. The third-order valence-electron chi connectivity index (χ3n) is 2.86. The lowest BCUT2D eigenvalue weighted by Gasteiger charge is -2.27. The molecule has 0 spiro atoms. The first kappa shape index (κ1) is 16.4. The van der Waals surface area contributed by atoms with Crippen LogP contribution in [0.4, 0.5) is 0 Å². The van der Waals surface area contributed by atoms with Crippen LogP contribution in [0.1, 0.15) is 33.1 Å². The van der Waals surface area contributed by atoms with E-state index in [1.807, 2.05) is 0 Å². The minimum atomic E-state index is -1.26. The molecule has 7 nitrogen and oxygen atoms in total. The molecule has 0 heterocycles. The molecule has 0 aliphatic carbocycles. The van der Waals surface area contributed by atoms with Crippen LogP contribution in [-0.4, -0.2) is 46.8 Å². The molecular weight excluding hydrogens is 242 g/mol. The van der Waals surface area contributed by atoms with Gasteiger partial charge in [0.25, 0.3) is 5.91 Å². The van der Waals surface area contributed by atoms with Gasteiger partial charge >= 0.3 is 11.9 Å². The van der Waals surface area contributed by atoms with Crippen molar-refractivity contribution in [2.75, 3.05) is 7.11 Å². The summed E-state index contributed by atoms with van der Waals surface area (Å²) in [5.74, 6) is -2.94. The van der Waals surface area contributed by atoms with Gasteiger partial charge in [0.1, 0.15) is 11.6 Å². The Morgan fingerprint density at radius 3 is 2.22 bits per heavy atom. The largest absolute Gasteiger partial charge is 0.481 e. The lowest BCUT2D eigenvalue weighted by molar-refractivity contribution is -0.149. The first-order valence-electron chi connectivity index (χ1n) is 5.57. The van der Waals surface area contributed by atoms with Crippen molar-refractivity contribution in [2.24, 2.45) is 0 Å². The summed E-state index contributed by atoms with van der Waals surface area (Å²) < 4.78 is 5.03. The lowest BCUT2D eigenvalue weighted by Crippen LogP contribution is -2.51. The van der Waals surface area contributed by atoms with E-state index < -0.39 is 29.5 Å². The van der Waals surface area contributed by atoms with Crippen molar-refractivity contribution in [1.29, 1.82) is 0 Å². The molecule has 2 atom stereocenters. The quantitative estimate of drug-likeness (QED) is 0.576. The standard InChI is InChI=1S/C11H19NO6/c1-4-11(2,18-3)10(17)12-7(9(15)16)5-6-8(13)14/h7H,4-6H2,1-3H3,(H,12,17)(H,13,14)(H,15,16). The van der Waals surface area contributed by atoms with Crippen LogP contribution < -0.4 is 5.32 Å². The maximum absolute atomic E-state index is 11.8. The molecule has 0 aromatic rings. The molecule has 0 fully saturated rings. The number of carbonyl (C=O) groups is 3. The Labute approximate surface area is 105 Å². The smallest absolute Gasteiger partial charge is 0.326 e. The third-order valence-corrected chi connectivity index (χ3v) is 2.86. The summed E-state index contributed by atoms with van der Waals surface area (Å²) in [5, 5.41) is 19.7. The van der Waals surface area contributed by atoms with Gasteiger partial charge in [-0.05, 0) is 19.8 Å². The van der Waals surface area contributed by atoms with Gasteiger partial charge in [0.15, 0.2) is 0 Å². The average Bonchev–Trinajstić information content (AvgIpc) is 2.32. The summed E-state index contributed by atoms with van der Waals surface area (Å²) in [6.45, 7) is 3.27. The molecule has 104 valence electrons. The molecule has 0 bridgehead atoms. The highest BCUT2D eigenvalue weighted by molar-refractivity contribution is 5.89. The summed E-state index contributed by atoms with van der Waals surface area (Å²) in [5.41, 5.74) is -1.11. The fourth-order valence-corrected chi connectivity index (χ4v) is 1.23. The number of carboxylic acids is 2. The van der Waals surface area contributed by atoms with Gasteiger partial charge in [-0.3, -0.25) is 9.59 Å². The maximum Gasteiger partial charge on any atom is 0.326 e. The predicted molar refractivity (Wildman–Crippen MR) is 62.1 cm³/mol. The van der Waals surface area contributed by atoms with Crippen LogP contribution in [0.15, 0.2) is 0 Å². The van der Waals surface area contributed by atoms with Crippen LogP contribution >= 0.6 is 0 Å². The topological polar surface area (TPSA) is 113 Å². The Morgan fingerprint density at radius 1 is 1.33 bits per heavy atom. The van der Waals surface area contributed by atoms with Crippen molar-refractivity contribution in [1.82, 2.24) is 5.32 Å². The monoisotopic (exact) mass is 261 g/mol. The Balaban J connectivity index is 4.63. The zero-order chi connectivity index (χ0) is 14.3. The second kappa shape index (κ2) is 6.95. The molecule has 2 unspecified atom stereocenters. The fourth-order valence-electron chi connectivity index (χ4n) is 1.23. The van der Waals surface area contributed by atoms with E-state index >= 15 is 0 Å². The van der Waals surface area contributed by atoms with Crippen LogP contribution in [0.5, 0.6) is 0 Å². The van der Waals surface area contributed by atoms with Crippen molar-refractivity contribution in [3.05, 3.63) is 0 Å². The van der Waals surface area contributed by atoms with Crippen LogP contribution in [0.3, 0.4) is 0 Å². The highest BCUT2D eigenvalue weighted by Crippen LogP contribution is 2.14. The van der Waals surface area contributed by atoms with Crippen molar-refractivity contribution in [2.45, 2.75) is 44.8 Å². The average molecular weight is 261 g/mol. The van der Waals surface area contributed by atoms with E-state index in [9.17, 15) is 14.4 Å². The third kappa shape index (κ3) is 4.70. The summed E-state index contributed by atoms with van der Waals surface area (Å²) in [7, 11) is 1.36. The molecule has 0 aromatic carbocycles. The minimum absolute atomic E-state index is 0.167. The van der Waals surface area contributed by atoms with Gasteiger partial charge in [0.2, 0.25) is 0 Å². The number of nitrogens with one attached hydrogen (secondary N) is 1. The minimum Gasteiger partial charge on any atom is -0.481 e. The molecule has 3 N–H and O–H groups in total. The fraction of sp³-hybridized carbons (Fsp3) is 0.727. The Morgan fingerprint density at radius 2 is 1.89 bits per heavy atom. The number of methoxy groups -OCH3 is 1. The van der Waals surface area contributed by atoms with Gasteiger partial charge in [0.05, 0.1) is 0 Å². The molecule has 0 rings (SSSR count). The number of rotatable bonds is 8. The lowest BCUT2D eigenvalue weighted by atomic mass is 10.0. The maximum atomic E-state index is 11.8. The molecule has 0 aliphatic heterocycles. The number of aliphatic carboxylic acids is 2. The number of ether oxygens (including phenoxy) is 1. The Hall–Kier alpha value is -1.63. The number of amides is 1. The molecule has 0 saturated carbocycles. The van der Waals surface area contributed by atoms with Gasteiger partial charge in [-0.2, -0.15) is 0 Å². The summed E-state index contributed by atoms with van der Waals surface area (Å²) >= 11 is 0. The molecule has 1 amide bonds. The van der Waals surface area contributed by atoms with E-state index in [4.69, 9.17) is 14.9 Å². The molecule has 0 aromatic heterocycles. The second-order valence-electron chi connectivity index (χ2n) is 4.09. The first-order chi connectivity index (χ1) is 8.26. The van der Waals surface area contributed by atoms with Gasteiger partial charge in [0, 0.05) is 13.5 Å². The van der Waals surface area contributed by atoms with Gasteiger partial charge in [-0.15, -0.1) is 0 Å². The van der Waals surface area contributed by atoms with Crippen molar-refractivity contribution in [3.8, 4) is 0 Å². The van der Waals surface area contributed by atoms with Crippen LogP contribution in [0.2, 0.25) is 0 Å². The SMILES string of the molecule is CCC(C)(OC)C(=O)NC(CCC(=O)O)C(=O)O. The number of carboxylic acid groups (broad SMARTS) is 2. The van der Waals surface area contributed by atoms with Crippen molar-refractivity contribution >= 4 is 17.8 Å². The molecule has 0 aliphatic rings. The zero-order valence-electron chi connectivity index (χ0n) is 10.7.